The van der Waals surface area contributed by atoms with Gasteiger partial charge in [0.15, 0.2) is 0 Å². The van der Waals surface area contributed by atoms with Crippen molar-refractivity contribution in [3.05, 3.63) is 59.2 Å². The molecule has 1 fully saturated rings. The molecule has 0 unspecified atom stereocenters. The van der Waals surface area contributed by atoms with Crippen LogP contribution >= 0.6 is 0 Å². The molecule has 0 bridgehead atoms. The molecule has 0 radical (unpaired) electrons. The van der Waals surface area contributed by atoms with Gasteiger partial charge < -0.3 is 20.1 Å². The Labute approximate surface area is 165 Å². The minimum atomic E-state index is -0.285. The van der Waals surface area contributed by atoms with E-state index in [4.69, 9.17) is 15.2 Å². The molecule has 2 N–H and O–H groups in total. The van der Waals surface area contributed by atoms with Crippen LogP contribution in [0.15, 0.2) is 42.5 Å². The molecule has 148 valence electrons. The summed E-state index contributed by atoms with van der Waals surface area (Å²) in [7, 11) is 1.60. The van der Waals surface area contributed by atoms with Gasteiger partial charge in [-0.1, -0.05) is 17.7 Å². The van der Waals surface area contributed by atoms with Crippen LogP contribution in [0.25, 0.3) is 0 Å². The third-order valence-electron chi connectivity index (χ3n) is 5.13. The Morgan fingerprint density at radius 3 is 2.39 bits per heavy atom. The molecule has 0 spiro atoms. The number of hydrogen-bond donors (Lipinski definition) is 1. The maximum atomic E-state index is 12.9. The molecule has 0 aliphatic carbocycles. The number of methoxy groups -OCH3 is 1. The average Bonchev–Trinajstić information content (AvgIpc) is 2.72. The molecule has 1 saturated heterocycles. The number of hydrogen-bond acceptors (Lipinski definition) is 4. The molecule has 1 heterocycles. The molecule has 0 aromatic heterocycles. The van der Waals surface area contributed by atoms with E-state index in [1.165, 1.54) is 0 Å². The summed E-state index contributed by atoms with van der Waals surface area (Å²) in [6, 6.07) is 13.2. The van der Waals surface area contributed by atoms with E-state index >= 15 is 0 Å². The first-order chi connectivity index (χ1) is 13.5. The number of aryl methyl sites for hydroxylation is 1. The lowest BCUT2D eigenvalue weighted by atomic mass is 9.95. The predicted molar refractivity (Wildman–Crippen MR) is 106 cm³/mol. The highest BCUT2D eigenvalue weighted by atomic mass is 16.5. The summed E-state index contributed by atoms with van der Waals surface area (Å²) in [4.78, 5) is 26.0. The van der Waals surface area contributed by atoms with E-state index in [0.717, 1.165) is 16.9 Å². The molecule has 1 aliphatic heterocycles. The Bertz CT molecular complexity index is 840. The first-order valence-corrected chi connectivity index (χ1v) is 9.43. The second kappa shape index (κ2) is 8.78. The molecule has 1 aliphatic rings. The van der Waals surface area contributed by atoms with E-state index in [1.807, 2.05) is 37.3 Å². The summed E-state index contributed by atoms with van der Waals surface area (Å²) < 4.78 is 11.3. The van der Waals surface area contributed by atoms with Crippen LogP contribution in [0.3, 0.4) is 0 Å². The van der Waals surface area contributed by atoms with Crippen molar-refractivity contribution < 1.29 is 19.1 Å². The standard InChI is InChI=1S/C22H26N2O4/c1-15-3-6-19(7-4-15)28-14-18-13-17(5-8-20(18)27-2)22(26)24-11-9-16(10-12-24)21(23)25/h3-8,13,16H,9-12,14H2,1-2H3,(H2,23,25). The van der Waals surface area contributed by atoms with Crippen molar-refractivity contribution in [1.82, 2.24) is 4.90 Å². The van der Waals surface area contributed by atoms with Gasteiger partial charge in [-0.25, -0.2) is 0 Å². The molecular weight excluding hydrogens is 356 g/mol. The maximum absolute atomic E-state index is 12.9. The largest absolute Gasteiger partial charge is 0.496 e. The molecule has 28 heavy (non-hydrogen) atoms. The Morgan fingerprint density at radius 2 is 1.79 bits per heavy atom. The van der Waals surface area contributed by atoms with Crippen molar-refractivity contribution in [2.45, 2.75) is 26.4 Å². The van der Waals surface area contributed by atoms with Gasteiger partial charge in [0.1, 0.15) is 18.1 Å². The fourth-order valence-corrected chi connectivity index (χ4v) is 3.37. The van der Waals surface area contributed by atoms with Crippen LogP contribution in [0.5, 0.6) is 11.5 Å². The molecule has 0 atom stereocenters. The van der Waals surface area contributed by atoms with Gasteiger partial charge in [-0.05, 0) is 50.1 Å². The monoisotopic (exact) mass is 382 g/mol. The quantitative estimate of drug-likeness (QED) is 0.833. The highest BCUT2D eigenvalue weighted by Gasteiger charge is 2.26. The third kappa shape index (κ3) is 4.63. The molecule has 2 aromatic carbocycles. The maximum Gasteiger partial charge on any atom is 0.253 e. The van der Waals surface area contributed by atoms with Gasteiger partial charge in [-0.2, -0.15) is 0 Å². The van der Waals surface area contributed by atoms with Crippen LogP contribution < -0.4 is 15.2 Å². The highest BCUT2D eigenvalue weighted by molar-refractivity contribution is 5.94. The van der Waals surface area contributed by atoms with Gasteiger partial charge in [-0.3, -0.25) is 9.59 Å². The summed E-state index contributed by atoms with van der Waals surface area (Å²) in [5, 5.41) is 0. The lowest BCUT2D eigenvalue weighted by Crippen LogP contribution is -2.41. The van der Waals surface area contributed by atoms with Crippen LogP contribution in [0.4, 0.5) is 0 Å². The fraction of sp³-hybridized carbons (Fsp3) is 0.364. The number of benzene rings is 2. The first kappa shape index (κ1) is 19.7. The molecule has 6 nitrogen and oxygen atoms in total. The van der Waals surface area contributed by atoms with Crippen LogP contribution in [-0.4, -0.2) is 36.9 Å². The van der Waals surface area contributed by atoms with Gasteiger partial charge >= 0.3 is 0 Å². The van der Waals surface area contributed by atoms with Crippen molar-refractivity contribution in [2.24, 2.45) is 11.7 Å². The van der Waals surface area contributed by atoms with Gasteiger partial charge in [0.2, 0.25) is 5.91 Å². The van der Waals surface area contributed by atoms with Crippen LogP contribution in [0.1, 0.15) is 34.3 Å². The van der Waals surface area contributed by atoms with Gasteiger partial charge in [0, 0.05) is 30.1 Å². The Kier molecular flexibility index (Phi) is 6.19. The van der Waals surface area contributed by atoms with E-state index in [9.17, 15) is 9.59 Å². The number of piperidine rings is 1. The molecule has 6 heteroatoms. The number of primary amides is 1. The minimum Gasteiger partial charge on any atom is -0.496 e. The normalized spacial score (nSPS) is 14.6. The summed E-state index contributed by atoms with van der Waals surface area (Å²) in [5.41, 5.74) is 7.93. The SMILES string of the molecule is COc1ccc(C(=O)N2CCC(C(N)=O)CC2)cc1COc1ccc(C)cc1. The van der Waals surface area contributed by atoms with Gasteiger partial charge in [0.05, 0.1) is 7.11 Å². The van der Waals surface area contributed by atoms with Crippen LogP contribution in [0.2, 0.25) is 0 Å². The number of carbonyl (C=O) groups is 2. The summed E-state index contributed by atoms with van der Waals surface area (Å²) >= 11 is 0. The molecule has 0 saturated carbocycles. The number of amides is 2. The second-order valence-electron chi connectivity index (χ2n) is 7.10. The summed E-state index contributed by atoms with van der Waals surface area (Å²) in [5.74, 6) is 0.960. The van der Waals surface area contributed by atoms with E-state index < -0.39 is 0 Å². The number of ether oxygens (including phenoxy) is 2. The van der Waals surface area contributed by atoms with E-state index in [0.29, 0.717) is 43.9 Å². The van der Waals surface area contributed by atoms with E-state index in [1.54, 1.807) is 24.1 Å². The van der Waals surface area contributed by atoms with Crippen molar-refractivity contribution in [3.8, 4) is 11.5 Å². The second-order valence-corrected chi connectivity index (χ2v) is 7.10. The van der Waals surface area contributed by atoms with Crippen LogP contribution in [-0.2, 0) is 11.4 Å². The van der Waals surface area contributed by atoms with Crippen molar-refractivity contribution in [2.75, 3.05) is 20.2 Å². The lowest BCUT2D eigenvalue weighted by Gasteiger charge is -2.30. The molecular formula is C22H26N2O4. The number of carbonyl (C=O) groups excluding carboxylic acids is 2. The van der Waals surface area contributed by atoms with Crippen molar-refractivity contribution in [3.63, 3.8) is 0 Å². The Hall–Kier alpha value is -3.02. The van der Waals surface area contributed by atoms with Gasteiger partial charge in [0.25, 0.3) is 5.91 Å². The first-order valence-electron chi connectivity index (χ1n) is 9.43. The van der Waals surface area contributed by atoms with Crippen molar-refractivity contribution in [1.29, 1.82) is 0 Å². The fourth-order valence-electron chi connectivity index (χ4n) is 3.37. The average molecular weight is 382 g/mol. The van der Waals surface area contributed by atoms with E-state index in [2.05, 4.69) is 0 Å². The number of nitrogens with zero attached hydrogens (tertiary/aromatic N) is 1. The zero-order chi connectivity index (χ0) is 20.1. The van der Waals surface area contributed by atoms with E-state index in [-0.39, 0.29) is 17.7 Å². The molecule has 3 rings (SSSR count). The Morgan fingerprint density at radius 1 is 1.11 bits per heavy atom. The third-order valence-corrected chi connectivity index (χ3v) is 5.13. The number of rotatable bonds is 6. The molecule has 2 amide bonds. The summed E-state index contributed by atoms with van der Waals surface area (Å²) in [6.45, 7) is 3.40. The number of likely N-dealkylation sites (tertiary alicyclic amines) is 1. The smallest absolute Gasteiger partial charge is 0.253 e. The minimum absolute atomic E-state index is 0.0536. The van der Waals surface area contributed by atoms with Gasteiger partial charge in [-0.15, -0.1) is 0 Å². The van der Waals surface area contributed by atoms with Crippen molar-refractivity contribution >= 4 is 11.8 Å². The molecule has 2 aromatic rings. The highest BCUT2D eigenvalue weighted by Crippen LogP contribution is 2.25. The Balaban J connectivity index is 1.70. The van der Waals surface area contributed by atoms with Crippen LogP contribution in [0, 0.1) is 12.8 Å². The summed E-state index contributed by atoms with van der Waals surface area (Å²) in [6.07, 6.45) is 1.22. The number of nitrogens with two attached hydrogens (primary N) is 1. The topological polar surface area (TPSA) is 81.9 Å². The zero-order valence-corrected chi connectivity index (χ0v) is 16.3. The zero-order valence-electron chi connectivity index (χ0n) is 16.3. The lowest BCUT2D eigenvalue weighted by molar-refractivity contribution is -0.123. The predicted octanol–water partition coefficient (Wildman–Crippen LogP) is 2.92.